The van der Waals surface area contributed by atoms with Crippen LogP contribution in [0.4, 0.5) is 0 Å². The van der Waals surface area contributed by atoms with E-state index in [1.165, 1.54) is 12.4 Å². The first-order chi connectivity index (χ1) is 3.79. The number of nitrogens with one attached hydrogen (secondary N) is 1. The Kier molecular flexibility index (Phi) is 1.01. The topological polar surface area (TPSA) is 79.7 Å². The maximum absolute atomic E-state index is 10.1. The van der Waals surface area contributed by atoms with Crippen LogP contribution in [0.15, 0.2) is 17.6 Å². The van der Waals surface area contributed by atoms with Crippen LogP contribution >= 0.6 is 0 Å². The van der Waals surface area contributed by atoms with E-state index in [-0.39, 0.29) is 0 Å². The molecule has 3 N–H and O–H groups in total. The summed E-state index contributed by atoms with van der Waals surface area (Å²) in [6.07, 6.45) is 2.52. The third-order valence-electron chi connectivity index (χ3n) is 0.614. The largest absolute Gasteiger partial charge is 0.691 e. The molecule has 1 aliphatic heterocycles. The van der Waals surface area contributed by atoms with E-state index in [2.05, 4.69) is 10.8 Å². The summed E-state index contributed by atoms with van der Waals surface area (Å²) in [5.41, 5.74) is 2.19. The van der Waals surface area contributed by atoms with Crippen molar-refractivity contribution in [3.63, 3.8) is 0 Å². The molecule has 0 fully saturated rings. The van der Waals surface area contributed by atoms with E-state index in [1.54, 1.807) is 0 Å². The summed E-state index contributed by atoms with van der Waals surface area (Å²) in [6, 6.07) is 0. The quantitative estimate of drug-likeness (QED) is 0.242. The molecule has 0 atom stereocenters. The molecule has 0 saturated carbocycles. The van der Waals surface area contributed by atoms with Gasteiger partial charge in [-0.3, -0.25) is 0 Å². The van der Waals surface area contributed by atoms with Crippen LogP contribution < -0.4 is 11.4 Å². The predicted molar refractivity (Wildman–Crippen MR) is 24.4 cm³/mol. The molecular weight excluding hydrogens is 110 g/mol. The SMILES string of the molecule is NN1C=C[N+]([O-])=NN1. The molecule has 0 bridgehead atoms. The molecule has 0 spiro atoms. The van der Waals surface area contributed by atoms with E-state index < -0.39 is 0 Å². The van der Waals surface area contributed by atoms with Gasteiger partial charge in [0.2, 0.25) is 0 Å². The van der Waals surface area contributed by atoms with Crippen LogP contribution in [0.1, 0.15) is 0 Å². The standard InChI is InChI=1S/C2H5N5O/c3-6-1-2-7(8)5-4-6/h1-2,4H,3H2. The van der Waals surface area contributed by atoms with Gasteiger partial charge in [0.1, 0.15) is 17.6 Å². The Morgan fingerprint density at radius 1 is 1.88 bits per heavy atom. The van der Waals surface area contributed by atoms with Crippen LogP contribution in [-0.4, -0.2) is 9.98 Å². The van der Waals surface area contributed by atoms with E-state index in [4.69, 9.17) is 5.84 Å². The van der Waals surface area contributed by atoms with E-state index in [1.807, 2.05) is 0 Å². The maximum atomic E-state index is 10.1. The number of rotatable bonds is 0. The van der Waals surface area contributed by atoms with Crippen molar-refractivity contribution in [2.75, 3.05) is 0 Å². The average Bonchev–Trinajstić information content (AvgIpc) is 1.77. The first-order valence-corrected chi connectivity index (χ1v) is 1.94. The minimum Gasteiger partial charge on any atom is -0.691 e. The Balaban J connectivity index is 2.58. The van der Waals surface area contributed by atoms with Crippen molar-refractivity contribution in [1.82, 2.24) is 10.7 Å². The predicted octanol–water partition coefficient (Wildman–Crippen LogP) is -0.971. The summed E-state index contributed by atoms with van der Waals surface area (Å²) in [6.45, 7) is 0. The van der Waals surface area contributed by atoms with Crippen LogP contribution in [0.25, 0.3) is 0 Å². The van der Waals surface area contributed by atoms with Crippen molar-refractivity contribution in [3.05, 3.63) is 17.6 Å². The molecule has 6 nitrogen and oxygen atoms in total. The fourth-order valence-electron chi connectivity index (χ4n) is 0.291. The molecule has 44 valence electrons. The molecule has 0 aliphatic carbocycles. The van der Waals surface area contributed by atoms with E-state index in [0.717, 1.165) is 5.12 Å². The van der Waals surface area contributed by atoms with Gasteiger partial charge in [0.15, 0.2) is 0 Å². The van der Waals surface area contributed by atoms with Crippen LogP contribution in [-0.2, 0) is 0 Å². The summed E-state index contributed by atoms with van der Waals surface area (Å²) < 4.78 is 0. The van der Waals surface area contributed by atoms with Crippen molar-refractivity contribution in [2.24, 2.45) is 11.1 Å². The molecule has 1 aliphatic rings. The third-order valence-corrected chi connectivity index (χ3v) is 0.614. The Morgan fingerprint density at radius 2 is 2.62 bits per heavy atom. The van der Waals surface area contributed by atoms with Gasteiger partial charge >= 0.3 is 0 Å². The van der Waals surface area contributed by atoms with Crippen molar-refractivity contribution in [2.45, 2.75) is 0 Å². The zero-order valence-electron chi connectivity index (χ0n) is 3.98. The highest BCUT2D eigenvalue weighted by Crippen LogP contribution is 1.84. The lowest BCUT2D eigenvalue weighted by Gasteiger charge is -2.09. The summed E-state index contributed by atoms with van der Waals surface area (Å²) in [7, 11) is 0. The summed E-state index contributed by atoms with van der Waals surface area (Å²) >= 11 is 0. The van der Waals surface area contributed by atoms with Crippen LogP contribution in [0.2, 0.25) is 0 Å². The van der Waals surface area contributed by atoms with Gasteiger partial charge in [-0.1, -0.05) is 5.53 Å². The third kappa shape index (κ3) is 0.850. The second kappa shape index (κ2) is 1.66. The molecule has 0 aromatic heterocycles. The average molecular weight is 115 g/mol. The number of nitrogens with two attached hydrogens (primary N) is 1. The molecule has 0 aromatic carbocycles. The van der Waals surface area contributed by atoms with Crippen LogP contribution in [0, 0.1) is 5.21 Å². The Bertz CT molecular complexity index is 139. The molecule has 0 saturated heterocycles. The lowest BCUT2D eigenvalue weighted by atomic mass is 10.9. The molecule has 0 amide bonds. The normalized spacial score (nSPS) is 17.6. The van der Waals surface area contributed by atoms with Crippen molar-refractivity contribution < 1.29 is 4.86 Å². The van der Waals surface area contributed by atoms with Crippen molar-refractivity contribution >= 4 is 0 Å². The number of hydrogen-bond donors (Lipinski definition) is 2. The minimum absolute atomic E-state index is 0.364. The first-order valence-electron chi connectivity index (χ1n) is 1.94. The van der Waals surface area contributed by atoms with E-state index >= 15 is 0 Å². The molecule has 1 rings (SSSR count). The molecule has 1 heterocycles. The Hall–Kier alpha value is -1.30. The highest BCUT2D eigenvalue weighted by atomic mass is 16.5. The van der Waals surface area contributed by atoms with Crippen LogP contribution in [0.3, 0.4) is 0 Å². The Morgan fingerprint density at radius 3 is 3.00 bits per heavy atom. The summed E-state index contributed by atoms with van der Waals surface area (Å²) in [5.74, 6) is 5.07. The van der Waals surface area contributed by atoms with Gasteiger partial charge in [-0.15, -0.1) is 9.98 Å². The second-order valence-corrected chi connectivity index (χ2v) is 1.21. The molecule has 8 heavy (non-hydrogen) atoms. The van der Waals surface area contributed by atoms with Gasteiger partial charge in [0.25, 0.3) is 0 Å². The lowest BCUT2D eigenvalue weighted by Crippen LogP contribution is -2.38. The van der Waals surface area contributed by atoms with Gasteiger partial charge in [-0.2, -0.15) is 0 Å². The van der Waals surface area contributed by atoms with E-state index in [0.29, 0.717) is 4.86 Å². The number of nitrogens with zero attached hydrogens (tertiary/aromatic N) is 3. The summed E-state index contributed by atoms with van der Waals surface area (Å²) in [5, 5.41) is 14.3. The highest BCUT2D eigenvalue weighted by Gasteiger charge is 1.97. The molecule has 0 aromatic rings. The fraction of sp³-hybridized carbons (Fsp3) is 0. The number of hydroxylamine groups is 1. The smallest absolute Gasteiger partial charge is 0.140 e. The van der Waals surface area contributed by atoms with Crippen molar-refractivity contribution in [3.8, 4) is 0 Å². The number of hydrogen-bond acceptors (Lipinski definition) is 5. The maximum Gasteiger partial charge on any atom is 0.140 e. The monoisotopic (exact) mass is 115 g/mol. The zero-order valence-corrected chi connectivity index (χ0v) is 3.98. The van der Waals surface area contributed by atoms with Crippen LogP contribution in [0.5, 0.6) is 0 Å². The molecule has 0 unspecified atom stereocenters. The fourth-order valence-corrected chi connectivity index (χ4v) is 0.291. The molecule has 0 radical (unpaired) electrons. The first kappa shape index (κ1) is 4.85. The second-order valence-electron chi connectivity index (χ2n) is 1.21. The molecule has 6 heteroatoms. The Labute approximate surface area is 45.4 Å². The van der Waals surface area contributed by atoms with Gasteiger partial charge in [0.05, 0.1) is 0 Å². The summed E-state index contributed by atoms with van der Waals surface area (Å²) in [4.78, 5) is 0.364. The molecular formula is C2H5N5O. The van der Waals surface area contributed by atoms with Crippen molar-refractivity contribution in [1.29, 1.82) is 0 Å². The minimum atomic E-state index is 0.364. The van der Waals surface area contributed by atoms with E-state index in [9.17, 15) is 5.21 Å². The van der Waals surface area contributed by atoms with Gasteiger partial charge in [-0.25, -0.2) is 5.84 Å². The van der Waals surface area contributed by atoms with Gasteiger partial charge < -0.3 is 5.21 Å². The highest BCUT2D eigenvalue weighted by molar-refractivity contribution is 4.67. The zero-order chi connectivity index (χ0) is 5.98. The van der Waals surface area contributed by atoms with Gasteiger partial charge in [-0.05, 0) is 0 Å². The van der Waals surface area contributed by atoms with Gasteiger partial charge in [0, 0.05) is 0 Å². The lowest BCUT2D eigenvalue weighted by molar-refractivity contribution is -0.475. The number of hydrazine groups is 2.